The van der Waals surface area contributed by atoms with Gasteiger partial charge in [0, 0.05) is 41.5 Å². The molecule has 2 fully saturated rings. The second-order valence-corrected chi connectivity index (χ2v) is 16.7. The molecule has 2 aromatic carbocycles. The van der Waals surface area contributed by atoms with Crippen LogP contribution in [0.15, 0.2) is 65.9 Å². The van der Waals surface area contributed by atoms with Crippen LogP contribution >= 0.6 is 23.2 Å². The van der Waals surface area contributed by atoms with Gasteiger partial charge < -0.3 is 20.3 Å². The summed E-state index contributed by atoms with van der Waals surface area (Å²) in [6, 6.07) is 13.7. The molecule has 55 heavy (non-hydrogen) atoms. The van der Waals surface area contributed by atoms with Crippen molar-refractivity contribution in [3.63, 3.8) is 0 Å². The second kappa shape index (κ2) is 14.1. The van der Waals surface area contributed by atoms with Gasteiger partial charge in [-0.2, -0.15) is 5.26 Å². The van der Waals surface area contributed by atoms with Crippen molar-refractivity contribution in [3.8, 4) is 6.07 Å². The van der Waals surface area contributed by atoms with Crippen LogP contribution in [0, 0.1) is 11.3 Å². The normalized spacial score (nSPS) is 21.0. The number of carbonyl (C=O) groups is 4. The summed E-state index contributed by atoms with van der Waals surface area (Å²) in [5, 5.41) is 16.3. The van der Waals surface area contributed by atoms with Gasteiger partial charge in [0.2, 0.25) is 11.9 Å². The number of nitrogens with one attached hydrogen (secondary N) is 2. The van der Waals surface area contributed by atoms with Gasteiger partial charge in [0.15, 0.2) is 0 Å². The predicted molar refractivity (Wildman–Crippen MR) is 207 cm³/mol. The number of piperidine rings is 1. The summed E-state index contributed by atoms with van der Waals surface area (Å²) in [6.07, 6.45) is 8.02. The Bertz CT molecular complexity index is 2150. The maximum Gasteiger partial charge on any atom is 0.410 e. The quantitative estimate of drug-likeness (QED) is 0.260. The van der Waals surface area contributed by atoms with Crippen molar-refractivity contribution in [2.24, 2.45) is 4.99 Å². The van der Waals surface area contributed by atoms with Crippen LogP contribution in [-0.2, 0) is 26.3 Å². The van der Waals surface area contributed by atoms with Crippen LogP contribution in [0.5, 0.6) is 0 Å². The summed E-state index contributed by atoms with van der Waals surface area (Å²) >= 11 is 12.8. The zero-order valence-corrected chi connectivity index (χ0v) is 32.6. The molecule has 1 atom stereocenters. The Kier molecular flexibility index (Phi) is 9.80. The molecule has 1 aromatic heterocycles. The first-order valence-corrected chi connectivity index (χ1v) is 19.1. The van der Waals surface area contributed by atoms with Gasteiger partial charge in [0.1, 0.15) is 22.4 Å². The molecule has 3 aromatic rings. The fourth-order valence-electron chi connectivity index (χ4n) is 7.62. The molecule has 1 aliphatic carbocycles. The lowest BCUT2D eigenvalue weighted by Crippen LogP contribution is -2.66. The van der Waals surface area contributed by atoms with Gasteiger partial charge in [-0.05, 0) is 102 Å². The number of hydrogen-bond donors (Lipinski definition) is 2. The maximum absolute atomic E-state index is 14.7. The first-order valence-electron chi connectivity index (χ1n) is 18.3. The molecule has 7 rings (SSSR count). The number of carbonyl (C=O) groups excluding carboxylic acids is 4. The molecule has 1 saturated carbocycles. The van der Waals surface area contributed by atoms with Crippen LogP contribution in [0.1, 0.15) is 87.8 Å². The fraction of sp³-hybridized carbons (Fsp3) is 0.425. The summed E-state index contributed by atoms with van der Waals surface area (Å²) in [7, 11) is 0. The first kappa shape index (κ1) is 38.1. The fourth-order valence-corrected chi connectivity index (χ4v) is 8.14. The molecule has 286 valence electrons. The van der Waals surface area contributed by atoms with Gasteiger partial charge in [0.25, 0.3) is 11.8 Å². The number of aliphatic imine (C=N–C) groups is 1. The van der Waals surface area contributed by atoms with Crippen molar-refractivity contribution >= 4 is 64.4 Å². The Morgan fingerprint density at radius 2 is 1.67 bits per heavy atom. The number of anilines is 2. The molecule has 0 unspecified atom stereocenters. The van der Waals surface area contributed by atoms with E-state index < -0.39 is 34.2 Å². The second-order valence-electron chi connectivity index (χ2n) is 15.8. The maximum atomic E-state index is 14.7. The standard InChI is InChI=1S/C40H42Cl2N8O5/c1-37(2,3)55-36(54)48-17-14-40(15-18-48,33(52)47-39(12-13-39)31-7-5-6-16-44-31)46-32(51)30-24-45-35-49(29-20-27(41)19-28(42)21-29)34(53)38(4,50(30)35)22-25-8-10-26(23-43)11-9-25/h6,8-11,16,19-21,24H,5,7,12-15,17-18,22H2,1-4H3,(H,46,51)(H,47,52)/t38-/m1/s1. The van der Waals surface area contributed by atoms with Crippen molar-refractivity contribution in [2.45, 2.75) is 94.9 Å². The highest BCUT2D eigenvalue weighted by Gasteiger charge is 2.55. The minimum atomic E-state index is -1.42. The number of halogens is 2. The van der Waals surface area contributed by atoms with E-state index in [0.29, 0.717) is 21.3 Å². The van der Waals surface area contributed by atoms with E-state index in [-0.39, 0.29) is 55.8 Å². The average Bonchev–Trinajstić information content (AvgIpc) is 3.73. The smallest absolute Gasteiger partial charge is 0.410 e. The van der Waals surface area contributed by atoms with E-state index in [4.69, 9.17) is 27.9 Å². The third kappa shape index (κ3) is 7.33. The number of hydrogen-bond acceptors (Lipinski definition) is 8. The molecule has 4 amide bonds. The molecule has 15 heteroatoms. The van der Waals surface area contributed by atoms with Crippen LogP contribution in [0.2, 0.25) is 10.0 Å². The zero-order valence-electron chi connectivity index (χ0n) is 31.1. The number of allylic oxidation sites excluding steroid dienone is 1. The van der Waals surface area contributed by atoms with E-state index in [2.05, 4.69) is 26.7 Å². The molecule has 0 spiro atoms. The largest absolute Gasteiger partial charge is 0.444 e. The highest BCUT2D eigenvalue weighted by Crippen LogP contribution is 2.44. The minimum absolute atomic E-state index is 0.0554. The lowest BCUT2D eigenvalue weighted by molar-refractivity contribution is -0.130. The number of nitrogens with zero attached hydrogens (tertiary/aromatic N) is 6. The van der Waals surface area contributed by atoms with E-state index in [0.717, 1.165) is 37.0 Å². The molecular formula is C40H42Cl2N8O5. The van der Waals surface area contributed by atoms with Crippen molar-refractivity contribution in [2.75, 3.05) is 18.0 Å². The van der Waals surface area contributed by atoms with Gasteiger partial charge in [-0.3, -0.25) is 23.9 Å². The number of imidazole rings is 1. The minimum Gasteiger partial charge on any atom is -0.444 e. The van der Waals surface area contributed by atoms with Gasteiger partial charge >= 0.3 is 6.09 Å². The average molecular weight is 786 g/mol. The van der Waals surface area contributed by atoms with E-state index in [1.807, 2.05) is 6.08 Å². The number of fused-ring (bicyclic) bond motifs is 1. The molecule has 1 saturated heterocycles. The van der Waals surface area contributed by atoms with Crippen molar-refractivity contribution in [3.05, 3.63) is 87.8 Å². The zero-order chi connectivity index (χ0) is 39.3. The first-order chi connectivity index (χ1) is 26.1. The number of likely N-dealkylation sites (tertiary alicyclic amines) is 1. The molecule has 0 bridgehead atoms. The van der Waals surface area contributed by atoms with Crippen LogP contribution in [0.4, 0.5) is 16.4 Å². The highest BCUT2D eigenvalue weighted by molar-refractivity contribution is 6.35. The van der Waals surface area contributed by atoms with E-state index in [1.54, 1.807) is 85.8 Å². The van der Waals surface area contributed by atoms with Crippen LogP contribution in [0.3, 0.4) is 0 Å². The van der Waals surface area contributed by atoms with Crippen LogP contribution < -0.4 is 15.5 Å². The number of benzene rings is 2. The Morgan fingerprint density at radius 1 is 1.00 bits per heavy atom. The lowest BCUT2D eigenvalue weighted by Gasteiger charge is -2.42. The number of amides is 4. The molecule has 13 nitrogen and oxygen atoms in total. The SMILES string of the molecule is CC(C)(C)OC(=O)N1CCC(NC(=O)c2cnc3n2[C@](C)(Cc2ccc(C#N)cc2)C(=O)N3c2cc(Cl)cc(Cl)c2)(C(=O)NC2(C3=NC=CCC3)CC2)CC1. The van der Waals surface area contributed by atoms with E-state index in [1.165, 1.54) is 11.1 Å². The molecule has 0 radical (unpaired) electrons. The monoisotopic (exact) mass is 784 g/mol. The highest BCUT2D eigenvalue weighted by atomic mass is 35.5. The Hall–Kier alpha value is -5.19. The molecule has 4 aliphatic rings. The van der Waals surface area contributed by atoms with E-state index >= 15 is 0 Å². The summed E-state index contributed by atoms with van der Waals surface area (Å²) in [6.45, 7) is 7.40. The molecular weight excluding hydrogens is 743 g/mol. The summed E-state index contributed by atoms with van der Waals surface area (Å²) in [5.41, 5.74) is -1.58. The number of rotatable bonds is 8. The van der Waals surface area contributed by atoms with Gasteiger partial charge in [-0.15, -0.1) is 0 Å². The predicted octanol–water partition coefficient (Wildman–Crippen LogP) is 6.59. The Morgan fingerprint density at radius 3 is 2.25 bits per heavy atom. The van der Waals surface area contributed by atoms with Crippen molar-refractivity contribution in [1.82, 2.24) is 25.1 Å². The number of nitriles is 1. The molecule has 3 aliphatic heterocycles. The third-order valence-corrected chi connectivity index (χ3v) is 11.1. The molecule has 2 N–H and O–H groups in total. The topological polar surface area (TPSA) is 162 Å². The molecule has 4 heterocycles. The van der Waals surface area contributed by atoms with E-state index in [9.17, 15) is 24.4 Å². The van der Waals surface area contributed by atoms with Crippen LogP contribution in [0.25, 0.3) is 0 Å². The Balaban J connectivity index is 1.25. The van der Waals surface area contributed by atoms with Crippen LogP contribution in [-0.4, -0.2) is 73.7 Å². The van der Waals surface area contributed by atoms with Gasteiger partial charge in [0.05, 0.1) is 29.1 Å². The van der Waals surface area contributed by atoms with Crippen molar-refractivity contribution < 1.29 is 23.9 Å². The number of ether oxygens (including phenoxy) is 1. The lowest BCUT2D eigenvalue weighted by atomic mass is 9.85. The summed E-state index contributed by atoms with van der Waals surface area (Å²) in [4.78, 5) is 69.1. The van der Waals surface area contributed by atoms with Gasteiger partial charge in [-0.25, -0.2) is 14.7 Å². The summed E-state index contributed by atoms with van der Waals surface area (Å²) in [5.74, 6) is -1.20. The Labute approximate surface area is 329 Å². The third-order valence-electron chi connectivity index (χ3n) is 10.7. The van der Waals surface area contributed by atoms with Crippen molar-refractivity contribution in [1.29, 1.82) is 5.26 Å². The number of aromatic nitrogens is 2. The van der Waals surface area contributed by atoms with Gasteiger partial charge in [-0.1, -0.05) is 41.4 Å². The summed E-state index contributed by atoms with van der Waals surface area (Å²) < 4.78 is 7.21.